The number of nitrogens with one attached hydrogen (secondary N) is 1. The first-order valence-corrected chi connectivity index (χ1v) is 8.10. The number of nitrogens with zero attached hydrogens (tertiary/aromatic N) is 2. The van der Waals surface area contributed by atoms with Crippen LogP contribution in [0.1, 0.15) is 41.6 Å². The lowest BCUT2D eigenvalue weighted by Gasteiger charge is -2.32. The van der Waals surface area contributed by atoms with Crippen molar-refractivity contribution in [3.63, 3.8) is 0 Å². The van der Waals surface area contributed by atoms with E-state index in [1.807, 2.05) is 26.0 Å². The fourth-order valence-corrected chi connectivity index (χ4v) is 2.82. The van der Waals surface area contributed by atoms with E-state index in [9.17, 15) is 9.59 Å². The second kappa shape index (κ2) is 6.86. The van der Waals surface area contributed by atoms with Gasteiger partial charge in [-0.15, -0.1) is 0 Å². The first-order valence-electron chi connectivity index (χ1n) is 8.10. The topological polar surface area (TPSA) is 75.4 Å². The van der Waals surface area contributed by atoms with Crippen LogP contribution in [0.2, 0.25) is 0 Å². The van der Waals surface area contributed by atoms with Crippen molar-refractivity contribution in [1.82, 2.24) is 15.2 Å². The Morgan fingerprint density at radius 3 is 2.92 bits per heavy atom. The van der Waals surface area contributed by atoms with Crippen LogP contribution in [-0.2, 0) is 11.3 Å². The highest BCUT2D eigenvalue weighted by Crippen LogP contribution is 2.27. The molecule has 3 rings (SSSR count). The maximum absolute atomic E-state index is 12.6. The first kappa shape index (κ1) is 16.2. The SMILES string of the molecule is CC(C)CNC(=O)C1CN(C(=O)c2ccco2)Cc2cccnc21. The average molecular weight is 327 g/mol. The lowest BCUT2D eigenvalue weighted by Crippen LogP contribution is -2.44. The third-order valence-electron chi connectivity index (χ3n) is 4.04. The molecule has 2 aromatic heterocycles. The van der Waals surface area contributed by atoms with Crippen LogP contribution >= 0.6 is 0 Å². The van der Waals surface area contributed by atoms with Crippen LogP contribution in [0.5, 0.6) is 0 Å². The maximum Gasteiger partial charge on any atom is 0.289 e. The third kappa shape index (κ3) is 3.32. The van der Waals surface area contributed by atoms with Gasteiger partial charge in [0.2, 0.25) is 5.91 Å². The highest BCUT2D eigenvalue weighted by molar-refractivity contribution is 5.93. The van der Waals surface area contributed by atoms with Gasteiger partial charge in [-0.1, -0.05) is 19.9 Å². The molecule has 0 aromatic carbocycles. The Hall–Kier alpha value is -2.63. The second-order valence-electron chi connectivity index (χ2n) is 6.40. The summed E-state index contributed by atoms with van der Waals surface area (Å²) >= 11 is 0. The van der Waals surface area contributed by atoms with E-state index in [1.54, 1.807) is 23.2 Å². The van der Waals surface area contributed by atoms with Crippen LogP contribution in [-0.4, -0.2) is 34.8 Å². The average Bonchev–Trinajstić information content (AvgIpc) is 3.12. The Balaban J connectivity index is 1.84. The summed E-state index contributed by atoms with van der Waals surface area (Å²) in [5.74, 6) is -0.130. The molecule has 1 aliphatic rings. The van der Waals surface area contributed by atoms with Crippen LogP contribution < -0.4 is 5.32 Å². The van der Waals surface area contributed by atoms with E-state index >= 15 is 0 Å². The predicted molar refractivity (Wildman–Crippen MR) is 88.3 cm³/mol. The van der Waals surface area contributed by atoms with Crippen molar-refractivity contribution in [3.8, 4) is 0 Å². The number of pyridine rings is 1. The molecule has 0 saturated heterocycles. The molecule has 2 aromatic rings. The van der Waals surface area contributed by atoms with Crippen molar-refractivity contribution in [2.24, 2.45) is 5.92 Å². The Morgan fingerprint density at radius 1 is 1.38 bits per heavy atom. The van der Waals surface area contributed by atoms with Gasteiger partial charge in [0.1, 0.15) is 0 Å². The zero-order valence-electron chi connectivity index (χ0n) is 13.9. The second-order valence-corrected chi connectivity index (χ2v) is 6.40. The molecule has 0 aliphatic carbocycles. The smallest absolute Gasteiger partial charge is 0.289 e. The van der Waals surface area contributed by atoms with Gasteiger partial charge < -0.3 is 14.6 Å². The molecule has 6 nitrogen and oxygen atoms in total. The largest absolute Gasteiger partial charge is 0.459 e. The highest BCUT2D eigenvalue weighted by atomic mass is 16.3. The van der Waals surface area contributed by atoms with Gasteiger partial charge in [0.05, 0.1) is 17.9 Å². The number of fused-ring (bicyclic) bond motifs is 1. The number of rotatable bonds is 4. The number of carbonyl (C=O) groups is 2. The van der Waals surface area contributed by atoms with Crippen LogP contribution in [0.4, 0.5) is 0 Å². The molecule has 6 heteroatoms. The molecule has 0 saturated carbocycles. The van der Waals surface area contributed by atoms with Crippen LogP contribution in [0.15, 0.2) is 41.1 Å². The van der Waals surface area contributed by atoms with Crippen LogP contribution in [0.3, 0.4) is 0 Å². The van der Waals surface area contributed by atoms with Crippen molar-refractivity contribution >= 4 is 11.8 Å². The van der Waals surface area contributed by atoms with Gasteiger partial charge in [-0.2, -0.15) is 0 Å². The molecule has 0 fully saturated rings. The molecule has 0 radical (unpaired) electrons. The van der Waals surface area contributed by atoms with Crippen LogP contribution in [0.25, 0.3) is 0 Å². The van der Waals surface area contributed by atoms with Crippen molar-refractivity contribution < 1.29 is 14.0 Å². The molecule has 126 valence electrons. The lowest BCUT2D eigenvalue weighted by atomic mass is 9.93. The summed E-state index contributed by atoms with van der Waals surface area (Å²) in [6.45, 7) is 5.41. The van der Waals surface area contributed by atoms with Crippen molar-refractivity contribution in [2.45, 2.75) is 26.3 Å². The minimum absolute atomic E-state index is 0.0967. The molecule has 1 N–H and O–H groups in total. The minimum Gasteiger partial charge on any atom is -0.459 e. The summed E-state index contributed by atoms with van der Waals surface area (Å²) in [5, 5.41) is 2.95. The molecule has 2 amide bonds. The summed E-state index contributed by atoms with van der Waals surface area (Å²) in [6, 6.07) is 7.05. The van der Waals surface area contributed by atoms with Gasteiger partial charge in [0.25, 0.3) is 5.91 Å². The normalized spacial score (nSPS) is 16.8. The minimum atomic E-state index is -0.465. The monoisotopic (exact) mass is 327 g/mol. The van der Waals surface area contributed by atoms with Gasteiger partial charge in [-0.05, 0) is 29.7 Å². The summed E-state index contributed by atoms with van der Waals surface area (Å²) in [6.07, 6.45) is 3.16. The van der Waals surface area contributed by atoms with E-state index in [1.165, 1.54) is 6.26 Å². The Bertz CT molecular complexity index is 725. The van der Waals surface area contributed by atoms with E-state index in [-0.39, 0.29) is 17.6 Å². The molecule has 0 spiro atoms. The summed E-state index contributed by atoms with van der Waals surface area (Å²) < 4.78 is 5.20. The van der Waals surface area contributed by atoms with E-state index < -0.39 is 5.92 Å². The summed E-state index contributed by atoms with van der Waals surface area (Å²) in [5.41, 5.74) is 1.65. The molecular weight excluding hydrogens is 306 g/mol. The van der Waals surface area contributed by atoms with Gasteiger partial charge in [0.15, 0.2) is 5.76 Å². The number of amides is 2. The van der Waals surface area contributed by atoms with Crippen LogP contribution in [0, 0.1) is 5.92 Å². The van der Waals surface area contributed by atoms with Gasteiger partial charge in [-0.3, -0.25) is 14.6 Å². The van der Waals surface area contributed by atoms with E-state index in [2.05, 4.69) is 10.3 Å². The molecule has 0 bridgehead atoms. The van der Waals surface area contributed by atoms with E-state index in [0.29, 0.717) is 25.6 Å². The Morgan fingerprint density at radius 2 is 2.21 bits per heavy atom. The molecular formula is C18H21N3O3. The number of hydrogen-bond acceptors (Lipinski definition) is 4. The third-order valence-corrected chi connectivity index (χ3v) is 4.04. The van der Waals surface area contributed by atoms with Gasteiger partial charge in [-0.25, -0.2) is 0 Å². The fraction of sp³-hybridized carbons (Fsp3) is 0.389. The number of hydrogen-bond donors (Lipinski definition) is 1. The Labute approximate surface area is 140 Å². The summed E-state index contributed by atoms with van der Waals surface area (Å²) in [4.78, 5) is 31.2. The fourth-order valence-electron chi connectivity index (χ4n) is 2.82. The molecule has 1 unspecified atom stereocenters. The highest BCUT2D eigenvalue weighted by Gasteiger charge is 2.34. The standard InChI is InChI=1S/C18H21N3O3/c1-12(2)9-20-17(22)14-11-21(18(23)15-6-4-8-24-15)10-13-5-3-7-19-16(13)14/h3-8,12,14H,9-11H2,1-2H3,(H,20,22). The lowest BCUT2D eigenvalue weighted by molar-refractivity contribution is -0.123. The van der Waals surface area contributed by atoms with Crippen molar-refractivity contribution in [3.05, 3.63) is 53.7 Å². The molecule has 3 heterocycles. The molecule has 1 atom stereocenters. The molecule has 24 heavy (non-hydrogen) atoms. The van der Waals surface area contributed by atoms with E-state index in [0.717, 1.165) is 11.3 Å². The van der Waals surface area contributed by atoms with Gasteiger partial charge >= 0.3 is 0 Å². The summed E-state index contributed by atoms with van der Waals surface area (Å²) in [7, 11) is 0. The van der Waals surface area contributed by atoms with E-state index in [4.69, 9.17) is 4.42 Å². The zero-order chi connectivity index (χ0) is 17.1. The number of carbonyl (C=O) groups excluding carboxylic acids is 2. The maximum atomic E-state index is 12.6. The molecule has 1 aliphatic heterocycles. The predicted octanol–water partition coefficient (Wildman–Crippen LogP) is 2.19. The van der Waals surface area contributed by atoms with Crippen molar-refractivity contribution in [2.75, 3.05) is 13.1 Å². The van der Waals surface area contributed by atoms with Gasteiger partial charge in [0, 0.05) is 25.8 Å². The zero-order valence-corrected chi connectivity index (χ0v) is 13.9. The van der Waals surface area contributed by atoms with Crippen molar-refractivity contribution in [1.29, 1.82) is 0 Å². The quantitative estimate of drug-likeness (QED) is 0.934. The Kier molecular flexibility index (Phi) is 4.64. The first-order chi connectivity index (χ1) is 11.6. The number of aromatic nitrogens is 1. The number of furan rings is 1.